The SMILES string of the molecule is O=C(NCc1ccc(-n2cncn2)cc1)c1ccccc1-c1ccc(C(F)(F)F)cc1. The van der Waals surface area contributed by atoms with Crippen LogP contribution in [0.15, 0.2) is 85.5 Å². The molecule has 31 heavy (non-hydrogen) atoms. The maximum absolute atomic E-state index is 12.8. The summed E-state index contributed by atoms with van der Waals surface area (Å²) in [4.78, 5) is 16.7. The highest BCUT2D eigenvalue weighted by Gasteiger charge is 2.30. The maximum atomic E-state index is 12.8. The third-order valence-electron chi connectivity index (χ3n) is 4.77. The molecular formula is C23H17F3N4O. The van der Waals surface area contributed by atoms with Crippen LogP contribution in [0.1, 0.15) is 21.5 Å². The van der Waals surface area contributed by atoms with Crippen LogP contribution in [0.25, 0.3) is 16.8 Å². The van der Waals surface area contributed by atoms with Crippen molar-refractivity contribution in [3.8, 4) is 16.8 Å². The maximum Gasteiger partial charge on any atom is 0.416 e. The van der Waals surface area contributed by atoms with Crippen molar-refractivity contribution in [3.05, 3.63) is 102 Å². The van der Waals surface area contributed by atoms with E-state index in [1.54, 1.807) is 35.3 Å². The highest BCUT2D eigenvalue weighted by Crippen LogP contribution is 2.31. The first kappa shape index (κ1) is 20.3. The number of benzene rings is 3. The number of nitrogens with zero attached hydrogens (tertiary/aromatic N) is 3. The molecule has 4 aromatic rings. The van der Waals surface area contributed by atoms with Crippen LogP contribution in [0, 0.1) is 0 Å². The van der Waals surface area contributed by atoms with E-state index in [1.165, 1.54) is 18.5 Å². The zero-order chi connectivity index (χ0) is 21.8. The summed E-state index contributed by atoms with van der Waals surface area (Å²) in [5.74, 6) is -0.309. The van der Waals surface area contributed by atoms with Gasteiger partial charge in [-0.05, 0) is 47.0 Å². The topological polar surface area (TPSA) is 59.8 Å². The summed E-state index contributed by atoms with van der Waals surface area (Å²) in [5, 5.41) is 6.92. The molecule has 4 rings (SSSR count). The summed E-state index contributed by atoms with van der Waals surface area (Å²) in [6.45, 7) is 0.303. The molecule has 0 bridgehead atoms. The molecule has 8 heteroatoms. The van der Waals surface area contributed by atoms with Gasteiger partial charge in [0.05, 0.1) is 11.3 Å². The fourth-order valence-electron chi connectivity index (χ4n) is 3.16. The van der Waals surface area contributed by atoms with Crippen LogP contribution in [-0.2, 0) is 12.7 Å². The Labute approximate surface area is 176 Å². The fourth-order valence-corrected chi connectivity index (χ4v) is 3.16. The van der Waals surface area contributed by atoms with Gasteiger partial charge in [0, 0.05) is 12.1 Å². The van der Waals surface area contributed by atoms with Crippen LogP contribution in [0.2, 0.25) is 0 Å². The molecule has 5 nitrogen and oxygen atoms in total. The van der Waals surface area contributed by atoms with Crippen LogP contribution in [0.3, 0.4) is 0 Å². The van der Waals surface area contributed by atoms with E-state index in [-0.39, 0.29) is 5.91 Å². The number of hydrogen-bond donors (Lipinski definition) is 1. The molecule has 1 heterocycles. The first-order chi connectivity index (χ1) is 14.9. The largest absolute Gasteiger partial charge is 0.416 e. The predicted octanol–water partition coefficient (Wildman–Crippen LogP) is 4.88. The van der Waals surface area contributed by atoms with Crippen LogP contribution in [0.4, 0.5) is 13.2 Å². The van der Waals surface area contributed by atoms with Crippen molar-refractivity contribution in [2.45, 2.75) is 12.7 Å². The summed E-state index contributed by atoms with van der Waals surface area (Å²) in [6, 6.07) is 19.1. The number of hydrogen-bond acceptors (Lipinski definition) is 3. The number of carbonyl (C=O) groups is 1. The fraction of sp³-hybridized carbons (Fsp3) is 0.0870. The Morgan fingerprint density at radius 1 is 0.935 bits per heavy atom. The van der Waals surface area contributed by atoms with Gasteiger partial charge in [0.25, 0.3) is 5.91 Å². The van der Waals surface area contributed by atoms with E-state index in [0.29, 0.717) is 23.2 Å². The number of rotatable bonds is 5. The van der Waals surface area contributed by atoms with Gasteiger partial charge in [0.1, 0.15) is 12.7 Å². The molecule has 0 saturated heterocycles. The zero-order valence-electron chi connectivity index (χ0n) is 16.2. The van der Waals surface area contributed by atoms with Gasteiger partial charge < -0.3 is 5.32 Å². The number of amides is 1. The molecule has 0 spiro atoms. The van der Waals surface area contributed by atoms with Crippen molar-refractivity contribution in [2.24, 2.45) is 0 Å². The van der Waals surface area contributed by atoms with Gasteiger partial charge in [-0.1, -0.05) is 42.5 Å². The molecule has 1 aromatic heterocycles. The lowest BCUT2D eigenvalue weighted by atomic mass is 9.98. The van der Waals surface area contributed by atoms with E-state index < -0.39 is 11.7 Å². The summed E-state index contributed by atoms with van der Waals surface area (Å²) in [6.07, 6.45) is -1.36. The van der Waals surface area contributed by atoms with Crippen LogP contribution in [-0.4, -0.2) is 20.7 Å². The molecule has 0 aliphatic heterocycles. The summed E-state index contributed by atoms with van der Waals surface area (Å²) in [7, 11) is 0. The van der Waals surface area contributed by atoms with E-state index >= 15 is 0 Å². The Hall–Kier alpha value is -3.94. The minimum atomic E-state index is -4.40. The third kappa shape index (κ3) is 4.63. The Morgan fingerprint density at radius 2 is 1.65 bits per heavy atom. The van der Waals surface area contributed by atoms with Crippen LogP contribution in [0.5, 0.6) is 0 Å². The Balaban J connectivity index is 1.48. The van der Waals surface area contributed by atoms with E-state index in [1.807, 2.05) is 24.3 Å². The van der Waals surface area contributed by atoms with Gasteiger partial charge in [0.15, 0.2) is 0 Å². The van der Waals surface area contributed by atoms with Gasteiger partial charge in [-0.25, -0.2) is 9.67 Å². The van der Waals surface area contributed by atoms with E-state index in [4.69, 9.17) is 0 Å². The highest BCUT2D eigenvalue weighted by atomic mass is 19.4. The lowest BCUT2D eigenvalue weighted by Crippen LogP contribution is -2.23. The molecule has 0 saturated carbocycles. The molecule has 0 radical (unpaired) electrons. The van der Waals surface area contributed by atoms with Gasteiger partial charge in [-0.3, -0.25) is 4.79 Å². The molecule has 156 valence electrons. The smallest absolute Gasteiger partial charge is 0.348 e. The van der Waals surface area contributed by atoms with Crippen LogP contribution >= 0.6 is 0 Å². The normalized spacial score (nSPS) is 11.3. The molecule has 0 aliphatic rings. The molecule has 1 N–H and O–H groups in total. The third-order valence-corrected chi connectivity index (χ3v) is 4.77. The van der Waals surface area contributed by atoms with Crippen molar-refractivity contribution in [1.82, 2.24) is 20.1 Å². The quantitative estimate of drug-likeness (QED) is 0.499. The predicted molar refractivity (Wildman–Crippen MR) is 109 cm³/mol. The number of aromatic nitrogens is 3. The van der Waals surface area contributed by atoms with Gasteiger partial charge in [0.2, 0.25) is 0 Å². The molecule has 0 fully saturated rings. The van der Waals surface area contributed by atoms with Gasteiger partial charge in [-0.2, -0.15) is 18.3 Å². The van der Waals surface area contributed by atoms with Gasteiger partial charge in [-0.15, -0.1) is 0 Å². The standard InChI is InChI=1S/C23H17F3N4O/c24-23(25,26)18-9-7-17(8-10-18)20-3-1-2-4-21(20)22(31)28-13-16-5-11-19(12-6-16)30-15-27-14-29-30/h1-12,14-15H,13H2,(H,28,31). The van der Waals surface area contributed by atoms with E-state index in [2.05, 4.69) is 15.4 Å². The number of alkyl halides is 3. The van der Waals surface area contributed by atoms with Crippen LogP contribution < -0.4 is 5.32 Å². The van der Waals surface area contributed by atoms with Crippen molar-refractivity contribution < 1.29 is 18.0 Å². The molecule has 0 aliphatic carbocycles. The zero-order valence-corrected chi connectivity index (χ0v) is 16.2. The minimum Gasteiger partial charge on any atom is -0.348 e. The van der Waals surface area contributed by atoms with E-state index in [0.717, 1.165) is 23.4 Å². The lowest BCUT2D eigenvalue weighted by molar-refractivity contribution is -0.137. The second-order valence-electron chi connectivity index (χ2n) is 6.81. The van der Waals surface area contributed by atoms with Gasteiger partial charge >= 0.3 is 6.18 Å². The Morgan fingerprint density at radius 3 is 2.29 bits per heavy atom. The van der Waals surface area contributed by atoms with Crippen molar-refractivity contribution in [3.63, 3.8) is 0 Å². The molecular weight excluding hydrogens is 405 g/mol. The average molecular weight is 422 g/mol. The summed E-state index contributed by atoms with van der Waals surface area (Å²) >= 11 is 0. The minimum absolute atomic E-state index is 0.303. The summed E-state index contributed by atoms with van der Waals surface area (Å²) < 4.78 is 40.1. The lowest BCUT2D eigenvalue weighted by Gasteiger charge is -2.12. The second kappa shape index (κ2) is 8.43. The Bertz CT molecular complexity index is 1170. The number of halogens is 3. The summed E-state index contributed by atoms with van der Waals surface area (Å²) in [5.41, 5.74) is 2.50. The molecule has 0 unspecified atom stereocenters. The number of nitrogens with one attached hydrogen (secondary N) is 1. The second-order valence-corrected chi connectivity index (χ2v) is 6.81. The monoisotopic (exact) mass is 422 g/mol. The highest BCUT2D eigenvalue weighted by molar-refractivity contribution is 6.00. The molecule has 0 atom stereocenters. The van der Waals surface area contributed by atoms with Crippen molar-refractivity contribution >= 4 is 5.91 Å². The molecule has 3 aromatic carbocycles. The number of carbonyl (C=O) groups excluding carboxylic acids is 1. The van der Waals surface area contributed by atoms with Crippen molar-refractivity contribution in [2.75, 3.05) is 0 Å². The first-order valence-electron chi connectivity index (χ1n) is 9.40. The van der Waals surface area contributed by atoms with E-state index in [9.17, 15) is 18.0 Å². The first-order valence-corrected chi connectivity index (χ1v) is 9.40. The average Bonchev–Trinajstić information content (AvgIpc) is 3.32. The van der Waals surface area contributed by atoms with Crippen molar-refractivity contribution in [1.29, 1.82) is 0 Å². The Kier molecular flexibility index (Phi) is 5.53. The molecule has 1 amide bonds.